The molecule has 0 aliphatic carbocycles. The van der Waals surface area contributed by atoms with Crippen molar-refractivity contribution in [1.29, 1.82) is 0 Å². The minimum absolute atomic E-state index is 0.0811. The lowest BCUT2D eigenvalue weighted by Gasteiger charge is -2.21. The van der Waals surface area contributed by atoms with Crippen molar-refractivity contribution < 1.29 is 13.2 Å². The van der Waals surface area contributed by atoms with Gasteiger partial charge in [-0.05, 0) is 37.6 Å². The van der Waals surface area contributed by atoms with Gasteiger partial charge in [-0.3, -0.25) is 4.79 Å². The van der Waals surface area contributed by atoms with Gasteiger partial charge in [0.2, 0.25) is 10.0 Å². The predicted molar refractivity (Wildman–Crippen MR) is 83.0 cm³/mol. The van der Waals surface area contributed by atoms with E-state index in [9.17, 15) is 13.2 Å². The molecule has 0 radical (unpaired) electrons. The van der Waals surface area contributed by atoms with E-state index in [-0.39, 0.29) is 11.7 Å². The van der Waals surface area contributed by atoms with Crippen molar-refractivity contribution in [2.75, 3.05) is 31.9 Å². The molecule has 0 N–H and O–H groups in total. The smallest absolute Gasteiger partial charge is 0.253 e. The minimum Gasteiger partial charge on any atom is -0.337 e. The van der Waals surface area contributed by atoms with Crippen molar-refractivity contribution in [3.8, 4) is 0 Å². The van der Waals surface area contributed by atoms with Crippen LogP contribution < -0.4 is 0 Å². The van der Waals surface area contributed by atoms with E-state index in [2.05, 4.69) is 0 Å². The van der Waals surface area contributed by atoms with Gasteiger partial charge in [-0.25, -0.2) is 12.7 Å². The Balaban J connectivity index is 2.06. The number of carbonyl (C=O) groups is 1. The molecule has 0 bridgehead atoms. The molecular weight excluding hydrogens is 312 g/mol. The first kappa shape index (κ1) is 16.3. The summed E-state index contributed by atoms with van der Waals surface area (Å²) in [5.74, 6) is 0.0143. The van der Waals surface area contributed by atoms with Gasteiger partial charge in [-0.15, -0.1) is 0 Å². The average Bonchev–Trinajstić information content (AvgIpc) is 2.73. The minimum atomic E-state index is -3.19. The van der Waals surface area contributed by atoms with Crippen LogP contribution in [0.4, 0.5) is 0 Å². The molecule has 0 atom stereocenters. The summed E-state index contributed by atoms with van der Waals surface area (Å²) in [6.07, 6.45) is 0.651. The zero-order valence-electron chi connectivity index (χ0n) is 12.0. The Hall–Kier alpha value is -1.11. The summed E-state index contributed by atoms with van der Waals surface area (Å²) in [7, 11) is -3.19. The number of amides is 1. The average molecular weight is 331 g/mol. The molecule has 1 aliphatic heterocycles. The summed E-state index contributed by atoms with van der Waals surface area (Å²) in [5, 5.41) is 0.586. The Morgan fingerprint density at radius 1 is 1.14 bits per heavy atom. The zero-order chi connectivity index (χ0) is 15.5. The van der Waals surface area contributed by atoms with Crippen molar-refractivity contribution in [3.05, 3.63) is 34.9 Å². The summed E-state index contributed by atoms with van der Waals surface area (Å²) in [4.78, 5) is 14.1. The normalized spacial score (nSPS) is 17.5. The number of halogens is 1. The second kappa shape index (κ2) is 6.77. The van der Waals surface area contributed by atoms with E-state index in [1.54, 1.807) is 36.1 Å². The van der Waals surface area contributed by atoms with Crippen molar-refractivity contribution in [1.82, 2.24) is 9.21 Å². The molecule has 116 valence electrons. The van der Waals surface area contributed by atoms with Crippen LogP contribution in [0.25, 0.3) is 0 Å². The van der Waals surface area contributed by atoms with Crippen LogP contribution in [0.2, 0.25) is 5.02 Å². The maximum atomic E-state index is 12.4. The molecule has 0 saturated carbocycles. The standard InChI is InChI=1S/C14H19ClN2O3S/c1-2-21(19,20)17-9-3-8-16(10-11-17)14(18)12-4-6-13(15)7-5-12/h4-7H,2-3,8-11H2,1H3. The largest absolute Gasteiger partial charge is 0.337 e. The number of hydrogen-bond donors (Lipinski definition) is 0. The quantitative estimate of drug-likeness (QED) is 0.849. The van der Waals surface area contributed by atoms with E-state index < -0.39 is 10.0 Å². The van der Waals surface area contributed by atoms with E-state index in [0.717, 1.165) is 0 Å². The first-order valence-corrected chi connectivity index (χ1v) is 8.95. The fourth-order valence-electron chi connectivity index (χ4n) is 2.33. The Morgan fingerprint density at radius 2 is 1.81 bits per heavy atom. The first-order valence-electron chi connectivity index (χ1n) is 6.96. The molecule has 7 heteroatoms. The van der Waals surface area contributed by atoms with Crippen LogP contribution >= 0.6 is 11.6 Å². The highest BCUT2D eigenvalue weighted by Crippen LogP contribution is 2.14. The van der Waals surface area contributed by atoms with Crippen LogP contribution in [0.3, 0.4) is 0 Å². The predicted octanol–water partition coefficient (Wildman–Crippen LogP) is 1.84. The van der Waals surface area contributed by atoms with Crippen LogP contribution in [-0.4, -0.2) is 55.5 Å². The van der Waals surface area contributed by atoms with Crippen molar-refractivity contribution in [2.45, 2.75) is 13.3 Å². The van der Waals surface area contributed by atoms with Gasteiger partial charge < -0.3 is 4.90 Å². The molecule has 1 fully saturated rings. The van der Waals surface area contributed by atoms with Gasteiger partial charge in [0, 0.05) is 36.8 Å². The second-order valence-electron chi connectivity index (χ2n) is 4.95. The lowest BCUT2D eigenvalue weighted by molar-refractivity contribution is 0.0764. The molecule has 0 spiro atoms. The highest BCUT2D eigenvalue weighted by Gasteiger charge is 2.25. The summed E-state index contributed by atoms with van der Waals surface area (Å²) in [6.45, 7) is 3.45. The fraction of sp³-hybridized carbons (Fsp3) is 0.500. The molecule has 21 heavy (non-hydrogen) atoms. The third-order valence-electron chi connectivity index (χ3n) is 3.59. The molecular formula is C14H19ClN2O3S. The summed E-state index contributed by atoms with van der Waals surface area (Å²) in [6, 6.07) is 6.74. The second-order valence-corrected chi connectivity index (χ2v) is 7.65. The Bertz CT molecular complexity index is 601. The van der Waals surface area contributed by atoms with Gasteiger partial charge in [-0.2, -0.15) is 0 Å². The number of nitrogens with zero attached hydrogens (tertiary/aromatic N) is 2. The van der Waals surface area contributed by atoms with Crippen LogP contribution in [0, 0.1) is 0 Å². The molecule has 0 unspecified atom stereocenters. The van der Waals surface area contributed by atoms with Gasteiger partial charge in [0.05, 0.1) is 5.75 Å². The van der Waals surface area contributed by atoms with Crippen LogP contribution in [0.5, 0.6) is 0 Å². The van der Waals surface area contributed by atoms with Crippen molar-refractivity contribution >= 4 is 27.5 Å². The monoisotopic (exact) mass is 330 g/mol. The number of rotatable bonds is 3. The first-order chi connectivity index (χ1) is 9.94. The lowest BCUT2D eigenvalue weighted by atomic mass is 10.2. The summed E-state index contributed by atoms with van der Waals surface area (Å²) < 4.78 is 25.3. The van der Waals surface area contributed by atoms with E-state index in [1.807, 2.05) is 0 Å². The highest BCUT2D eigenvalue weighted by molar-refractivity contribution is 7.89. The maximum Gasteiger partial charge on any atom is 0.253 e. The van der Waals surface area contributed by atoms with E-state index >= 15 is 0 Å². The van der Waals surface area contributed by atoms with Gasteiger partial charge in [0.1, 0.15) is 0 Å². The lowest BCUT2D eigenvalue weighted by Crippen LogP contribution is -2.37. The maximum absolute atomic E-state index is 12.4. The molecule has 1 aliphatic rings. The third kappa shape index (κ3) is 3.96. The molecule has 2 rings (SSSR count). The number of hydrogen-bond acceptors (Lipinski definition) is 3. The van der Waals surface area contributed by atoms with E-state index in [0.29, 0.717) is 43.2 Å². The molecule has 1 heterocycles. The van der Waals surface area contributed by atoms with Crippen molar-refractivity contribution in [2.24, 2.45) is 0 Å². The molecule has 1 aromatic rings. The van der Waals surface area contributed by atoms with E-state index in [4.69, 9.17) is 11.6 Å². The zero-order valence-corrected chi connectivity index (χ0v) is 13.5. The molecule has 1 saturated heterocycles. The van der Waals surface area contributed by atoms with Crippen molar-refractivity contribution in [3.63, 3.8) is 0 Å². The number of sulfonamides is 1. The van der Waals surface area contributed by atoms with Crippen LogP contribution in [0.15, 0.2) is 24.3 Å². The molecule has 5 nitrogen and oxygen atoms in total. The Labute approximate surface area is 130 Å². The number of benzene rings is 1. The Kier molecular flexibility index (Phi) is 5.24. The van der Waals surface area contributed by atoms with E-state index in [1.165, 1.54) is 4.31 Å². The van der Waals surface area contributed by atoms with Gasteiger partial charge in [0.15, 0.2) is 0 Å². The van der Waals surface area contributed by atoms with Crippen LogP contribution in [-0.2, 0) is 10.0 Å². The highest BCUT2D eigenvalue weighted by atomic mass is 35.5. The molecule has 1 amide bonds. The Morgan fingerprint density at radius 3 is 2.43 bits per heavy atom. The van der Waals surface area contributed by atoms with Gasteiger partial charge >= 0.3 is 0 Å². The third-order valence-corrected chi connectivity index (χ3v) is 5.72. The number of carbonyl (C=O) groups excluding carboxylic acids is 1. The van der Waals surface area contributed by atoms with Gasteiger partial charge in [-0.1, -0.05) is 11.6 Å². The van der Waals surface area contributed by atoms with Gasteiger partial charge in [0.25, 0.3) is 5.91 Å². The summed E-state index contributed by atoms with van der Waals surface area (Å²) >= 11 is 5.82. The SMILES string of the molecule is CCS(=O)(=O)N1CCCN(C(=O)c2ccc(Cl)cc2)CC1. The summed E-state index contributed by atoms with van der Waals surface area (Å²) in [5.41, 5.74) is 0.575. The molecule has 0 aromatic heterocycles. The molecule has 1 aromatic carbocycles. The van der Waals surface area contributed by atoms with Crippen LogP contribution in [0.1, 0.15) is 23.7 Å². The fourth-order valence-corrected chi connectivity index (χ4v) is 3.59. The topological polar surface area (TPSA) is 57.7 Å².